The molecule has 1 aliphatic rings. The molecule has 0 saturated carbocycles. The number of carbonyl (C=O) groups is 1. The minimum Gasteiger partial charge on any atom is -0.454 e. The summed E-state index contributed by atoms with van der Waals surface area (Å²) in [7, 11) is 0. The number of rotatable bonds is 5. The predicted molar refractivity (Wildman–Crippen MR) is 84.3 cm³/mol. The number of ether oxygens (including phenoxy) is 2. The smallest absolute Gasteiger partial charge is 0.280 e. The first-order valence-electron chi connectivity index (χ1n) is 7.07. The molecule has 0 saturated heterocycles. The van der Waals surface area contributed by atoms with E-state index in [4.69, 9.17) is 9.47 Å². The zero-order valence-electron chi connectivity index (χ0n) is 12.5. The van der Waals surface area contributed by atoms with Gasteiger partial charge < -0.3 is 14.8 Å². The molecule has 1 N–H and O–H groups in total. The summed E-state index contributed by atoms with van der Waals surface area (Å²) in [6.45, 7) is 0.289. The van der Waals surface area contributed by atoms with Crippen molar-refractivity contribution in [3.8, 4) is 11.5 Å². The fraction of sp³-hybridized carbons (Fsp3) is 0.125. The number of carbonyl (C=O) groups excluding carboxylic acids is 1. The maximum Gasteiger partial charge on any atom is 0.280 e. The SMILES string of the molecule is O=C(/C=C/c1cc2c(cc1[N+](=O)[O-])OCO2)NCc1ccccn1. The first-order valence-corrected chi connectivity index (χ1v) is 7.07. The van der Waals surface area contributed by atoms with Gasteiger partial charge in [-0.25, -0.2) is 0 Å². The zero-order valence-corrected chi connectivity index (χ0v) is 12.5. The molecule has 0 atom stereocenters. The van der Waals surface area contributed by atoms with E-state index < -0.39 is 4.92 Å². The van der Waals surface area contributed by atoms with E-state index in [1.165, 1.54) is 24.3 Å². The average molecular weight is 327 g/mol. The van der Waals surface area contributed by atoms with Gasteiger partial charge in [-0.2, -0.15) is 0 Å². The maximum absolute atomic E-state index is 11.9. The second-order valence-electron chi connectivity index (χ2n) is 4.89. The Balaban J connectivity index is 1.71. The third kappa shape index (κ3) is 3.49. The summed E-state index contributed by atoms with van der Waals surface area (Å²) in [6, 6.07) is 8.15. The predicted octanol–water partition coefficient (Wildman–Crippen LogP) is 2.05. The van der Waals surface area contributed by atoms with Gasteiger partial charge in [0.25, 0.3) is 5.69 Å². The molecular formula is C16H13N3O5. The maximum atomic E-state index is 11.9. The summed E-state index contributed by atoms with van der Waals surface area (Å²) in [5, 5.41) is 13.8. The number of benzene rings is 1. The van der Waals surface area contributed by atoms with Crippen LogP contribution in [0.25, 0.3) is 6.08 Å². The molecule has 1 amide bonds. The van der Waals surface area contributed by atoms with Crippen LogP contribution >= 0.6 is 0 Å². The van der Waals surface area contributed by atoms with Crippen LogP contribution in [0.4, 0.5) is 5.69 Å². The first kappa shape index (κ1) is 15.5. The lowest BCUT2D eigenvalue weighted by Gasteiger charge is -2.02. The van der Waals surface area contributed by atoms with Gasteiger partial charge in [-0.3, -0.25) is 19.9 Å². The lowest BCUT2D eigenvalue weighted by molar-refractivity contribution is -0.385. The summed E-state index contributed by atoms with van der Waals surface area (Å²) in [4.78, 5) is 26.5. The first-order chi connectivity index (χ1) is 11.6. The minimum atomic E-state index is -0.534. The van der Waals surface area contributed by atoms with E-state index in [2.05, 4.69) is 10.3 Å². The van der Waals surface area contributed by atoms with E-state index in [1.54, 1.807) is 18.3 Å². The van der Waals surface area contributed by atoms with Gasteiger partial charge in [0.15, 0.2) is 11.5 Å². The highest BCUT2D eigenvalue weighted by Gasteiger charge is 2.22. The van der Waals surface area contributed by atoms with E-state index in [0.717, 1.165) is 0 Å². The van der Waals surface area contributed by atoms with Crippen LogP contribution in [0, 0.1) is 10.1 Å². The van der Waals surface area contributed by atoms with Crippen molar-refractivity contribution >= 4 is 17.7 Å². The molecule has 3 rings (SSSR count). The Morgan fingerprint density at radius 1 is 1.33 bits per heavy atom. The Bertz CT molecular complexity index is 805. The van der Waals surface area contributed by atoms with E-state index in [0.29, 0.717) is 17.2 Å². The van der Waals surface area contributed by atoms with Crippen LogP contribution in [0.15, 0.2) is 42.6 Å². The van der Waals surface area contributed by atoms with Crippen LogP contribution < -0.4 is 14.8 Å². The van der Waals surface area contributed by atoms with Crippen molar-refractivity contribution in [3.05, 3.63) is 64.0 Å². The van der Waals surface area contributed by atoms with E-state index in [1.807, 2.05) is 6.07 Å². The molecule has 1 aromatic carbocycles. The molecule has 24 heavy (non-hydrogen) atoms. The highest BCUT2D eigenvalue weighted by Crippen LogP contribution is 2.38. The number of nitrogens with zero attached hydrogens (tertiary/aromatic N) is 2. The van der Waals surface area contributed by atoms with Gasteiger partial charge in [0.05, 0.1) is 28.8 Å². The van der Waals surface area contributed by atoms with Gasteiger partial charge in [0.1, 0.15) is 0 Å². The van der Waals surface area contributed by atoms with Crippen molar-refractivity contribution < 1.29 is 19.2 Å². The summed E-state index contributed by atoms with van der Waals surface area (Å²) < 4.78 is 10.3. The molecule has 0 radical (unpaired) electrons. The normalized spacial score (nSPS) is 12.3. The number of nitro benzene ring substituents is 1. The van der Waals surface area contributed by atoms with Crippen molar-refractivity contribution in [1.82, 2.24) is 10.3 Å². The van der Waals surface area contributed by atoms with Crippen molar-refractivity contribution in [3.63, 3.8) is 0 Å². The Morgan fingerprint density at radius 2 is 2.12 bits per heavy atom. The summed E-state index contributed by atoms with van der Waals surface area (Å²) in [5.74, 6) is 0.347. The fourth-order valence-corrected chi connectivity index (χ4v) is 2.14. The van der Waals surface area contributed by atoms with Crippen LogP contribution in [0.3, 0.4) is 0 Å². The average Bonchev–Trinajstić information content (AvgIpc) is 3.05. The van der Waals surface area contributed by atoms with Crippen LogP contribution in [-0.4, -0.2) is 22.6 Å². The van der Waals surface area contributed by atoms with Crippen molar-refractivity contribution in [1.29, 1.82) is 0 Å². The largest absolute Gasteiger partial charge is 0.454 e. The molecule has 0 spiro atoms. The molecule has 0 unspecified atom stereocenters. The summed E-state index contributed by atoms with van der Waals surface area (Å²) >= 11 is 0. The molecule has 8 nitrogen and oxygen atoms in total. The van der Waals surface area contributed by atoms with E-state index in [9.17, 15) is 14.9 Å². The fourth-order valence-electron chi connectivity index (χ4n) is 2.14. The third-order valence-electron chi connectivity index (χ3n) is 3.30. The molecule has 0 aliphatic carbocycles. The number of pyridine rings is 1. The Kier molecular flexibility index (Phi) is 4.37. The van der Waals surface area contributed by atoms with Crippen LogP contribution in [0.2, 0.25) is 0 Å². The quantitative estimate of drug-likeness (QED) is 0.512. The van der Waals surface area contributed by atoms with Crippen molar-refractivity contribution in [2.75, 3.05) is 6.79 Å². The van der Waals surface area contributed by atoms with Gasteiger partial charge in [-0.1, -0.05) is 6.07 Å². The molecule has 122 valence electrons. The molecule has 1 aromatic heterocycles. The molecule has 1 aliphatic heterocycles. The monoisotopic (exact) mass is 327 g/mol. The number of nitro groups is 1. The van der Waals surface area contributed by atoms with Crippen LogP contribution in [-0.2, 0) is 11.3 Å². The summed E-state index contributed by atoms with van der Waals surface area (Å²) in [5.41, 5.74) is 0.818. The van der Waals surface area contributed by atoms with Gasteiger partial charge in [-0.15, -0.1) is 0 Å². The lowest BCUT2D eigenvalue weighted by atomic mass is 10.1. The van der Waals surface area contributed by atoms with E-state index >= 15 is 0 Å². The number of hydrogen-bond acceptors (Lipinski definition) is 6. The lowest BCUT2D eigenvalue weighted by Crippen LogP contribution is -2.20. The van der Waals surface area contributed by atoms with Crippen molar-refractivity contribution in [2.24, 2.45) is 0 Å². The number of hydrogen-bond donors (Lipinski definition) is 1. The number of amides is 1. The number of nitrogens with one attached hydrogen (secondary N) is 1. The van der Waals surface area contributed by atoms with Gasteiger partial charge >= 0.3 is 0 Å². The van der Waals surface area contributed by atoms with Crippen molar-refractivity contribution in [2.45, 2.75) is 6.54 Å². The minimum absolute atomic E-state index is 0.0181. The Labute approximate surface area is 136 Å². The zero-order chi connectivity index (χ0) is 16.9. The van der Waals surface area contributed by atoms with Crippen LogP contribution in [0.5, 0.6) is 11.5 Å². The van der Waals surface area contributed by atoms with Crippen LogP contribution in [0.1, 0.15) is 11.3 Å². The second kappa shape index (κ2) is 6.78. The van der Waals surface area contributed by atoms with E-state index in [-0.39, 0.29) is 30.5 Å². The number of fused-ring (bicyclic) bond motifs is 1. The molecule has 2 aromatic rings. The topological polar surface area (TPSA) is 104 Å². The molecule has 0 fully saturated rings. The molecular weight excluding hydrogens is 314 g/mol. The standard InChI is InChI=1S/C16H13N3O5/c20-16(18-9-12-3-1-2-6-17-12)5-4-11-7-14-15(24-10-23-14)8-13(11)19(21)22/h1-8H,9-10H2,(H,18,20)/b5-4+. The third-order valence-corrected chi connectivity index (χ3v) is 3.30. The molecule has 0 bridgehead atoms. The summed E-state index contributed by atoms with van der Waals surface area (Å²) in [6.07, 6.45) is 4.23. The molecule has 2 heterocycles. The van der Waals surface area contributed by atoms with Gasteiger partial charge in [-0.05, 0) is 24.3 Å². The molecule has 8 heteroatoms. The highest BCUT2D eigenvalue weighted by molar-refractivity contribution is 5.92. The Morgan fingerprint density at radius 3 is 2.83 bits per heavy atom. The Hall–Kier alpha value is -3.42. The highest BCUT2D eigenvalue weighted by atomic mass is 16.7. The second-order valence-corrected chi connectivity index (χ2v) is 4.89. The van der Waals surface area contributed by atoms with Gasteiger partial charge in [0.2, 0.25) is 12.7 Å². The number of aromatic nitrogens is 1. The van der Waals surface area contributed by atoms with Gasteiger partial charge in [0, 0.05) is 12.3 Å².